The molecule has 0 saturated heterocycles. The minimum Gasteiger partial charge on any atom is -0.493 e. The van der Waals surface area contributed by atoms with Crippen molar-refractivity contribution < 1.29 is 27.4 Å². The van der Waals surface area contributed by atoms with Crippen LogP contribution in [-0.4, -0.2) is 31.1 Å². The van der Waals surface area contributed by atoms with Crippen molar-refractivity contribution >= 4 is 5.91 Å². The smallest absolute Gasteiger partial charge is 0.416 e. The summed E-state index contributed by atoms with van der Waals surface area (Å²) in [5, 5.41) is 8.93. The van der Waals surface area contributed by atoms with Crippen molar-refractivity contribution in [3.8, 4) is 17.6 Å². The van der Waals surface area contributed by atoms with Gasteiger partial charge in [0.05, 0.1) is 30.3 Å². The zero-order valence-electron chi connectivity index (χ0n) is 16.3. The Bertz CT molecular complexity index is 907. The van der Waals surface area contributed by atoms with Gasteiger partial charge in [-0.15, -0.1) is 0 Å². The molecule has 2 aromatic rings. The molecule has 0 heterocycles. The van der Waals surface area contributed by atoms with E-state index in [9.17, 15) is 18.0 Å². The minimum absolute atomic E-state index is 0.294. The zero-order chi connectivity index (χ0) is 21.6. The lowest BCUT2D eigenvalue weighted by Gasteiger charge is -2.29. The van der Waals surface area contributed by atoms with E-state index in [4.69, 9.17) is 14.7 Å². The highest BCUT2D eigenvalue weighted by Crippen LogP contribution is 2.32. The normalized spacial score (nSPS) is 12.0. The fourth-order valence-corrected chi connectivity index (χ4v) is 2.90. The van der Waals surface area contributed by atoms with Gasteiger partial charge >= 0.3 is 6.18 Å². The Hall–Kier alpha value is -3.21. The van der Waals surface area contributed by atoms with Crippen LogP contribution < -0.4 is 9.47 Å². The van der Waals surface area contributed by atoms with Gasteiger partial charge in [0, 0.05) is 12.6 Å². The van der Waals surface area contributed by atoms with Crippen LogP contribution in [0.25, 0.3) is 0 Å². The molecule has 2 aromatic carbocycles. The number of halogens is 3. The van der Waals surface area contributed by atoms with E-state index in [2.05, 4.69) is 0 Å². The number of hydrogen-bond acceptors (Lipinski definition) is 4. The van der Waals surface area contributed by atoms with Crippen LogP contribution in [-0.2, 0) is 11.0 Å². The van der Waals surface area contributed by atoms with Crippen LogP contribution in [0.4, 0.5) is 13.2 Å². The second-order valence-electron chi connectivity index (χ2n) is 6.25. The zero-order valence-corrected chi connectivity index (χ0v) is 16.3. The first-order chi connectivity index (χ1) is 13.7. The molecule has 0 aliphatic rings. The summed E-state index contributed by atoms with van der Waals surface area (Å²) in [6.07, 6.45) is -4.45. The first-order valence-electron chi connectivity index (χ1n) is 8.88. The lowest BCUT2D eigenvalue weighted by molar-refractivity contribution is -0.137. The van der Waals surface area contributed by atoms with Gasteiger partial charge in [0.25, 0.3) is 5.91 Å². The Kier molecular flexibility index (Phi) is 7.10. The highest BCUT2D eigenvalue weighted by Gasteiger charge is 2.31. The molecule has 29 heavy (non-hydrogen) atoms. The summed E-state index contributed by atoms with van der Waals surface area (Å²) in [5.41, 5.74) is 0.00350. The maximum absolute atomic E-state index is 13.0. The summed E-state index contributed by atoms with van der Waals surface area (Å²) in [5.74, 6) is 0.220. The monoisotopic (exact) mass is 406 g/mol. The van der Waals surface area contributed by atoms with Crippen molar-refractivity contribution in [3.63, 3.8) is 0 Å². The van der Waals surface area contributed by atoms with Crippen LogP contribution in [0.5, 0.6) is 11.5 Å². The summed E-state index contributed by atoms with van der Waals surface area (Å²) in [7, 11) is 1.42. The van der Waals surface area contributed by atoms with Crippen LogP contribution in [0.3, 0.4) is 0 Å². The molecule has 8 heteroatoms. The van der Waals surface area contributed by atoms with E-state index in [-0.39, 0.29) is 12.5 Å². The number of likely N-dealkylation sites (N-methyl/N-ethyl adjacent to an activating group) is 1. The Balaban J connectivity index is 2.14. The van der Waals surface area contributed by atoms with Crippen molar-refractivity contribution in [2.75, 3.05) is 20.3 Å². The van der Waals surface area contributed by atoms with E-state index in [0.29, 0.717) is 29.2 Å². The van der Waals surface area contributed by atoms with Crippen LogP contribution in [0.15, 0.2) is 42.5 Å². The highest BCUT2D eigenvalue weighted by molar-refractivity contribution is 5.78. The largest absolute Gasteiger partial charge is 0.493 e. The van der Waals surface area contributed by atoms with Gasteiger partial charge in [-0.25, -0.2) is 0 Å². The molecule has 5 nitrogen and oxygen atoms in total. The van der Waals surface area contributed by atoms with Crippen molar-refractivity contribution in [1.29, 1.82) is 5.26 Å². The Morgan fingerprint density at radius 3 is 2.52 bits per heavy atom. The number of carbonyl (C=O) groups is 1. The third kappa shape index (κ3) is 5.41. The predicted molar refractivity (Wildman–Crippen MR) is 100 cm³/mol. The molecule has 1 amide bonds. The van der Waals surface area contributed by atoms with Gasteiger partial charge in [-0.3, -0.25) is 4.79 Å². The molecule has 0 saturated carbocycles. The summed E-state index contributed by atoms with van der Waals surface area (Å²) in [4.78, 5) is 14.1. The van der Waals surface area contributed by atoms with Crippen molar-refractivity contribution in [3.05, 3.63) is 59.2 Å². The number of nitriles is 1. The van der Waals surface area contributed by atoms with Crippen LogP contribution >= 0.6 is 0 Å². The number of carbonyl (C=O) groups excluding carboxylic acids is 1. The van der Waals surface area contributed by atoms with Crippen molar-refractivity contribution in [1.82, 2.24) is 4.90 Å². The average Bonchev–Trinajstić information content (AvgIpc) is 2.71. The number of alkyl halides is 3. The number of methoxy groups -OCH3 is 1. The quantitative estimate of drug-likeness (QED) is 0.676. The molecule has 0 radical (unpaired) electrons. The maximum Gasteiger partial charge on any atom is 0.416 e. The number of benzene rings is 2. The Labute approximate surface area is 167 Å². The number of nitrogens with zero attached hydrogens (tertiary/aromatic N) is 2. The molecule has 2 rings (SSSR count). The summed E-state index contributed by atoms with van der Waals surface area (Å²) in [6, 6.07) is 10.9. The lowest BCUT2D eigenvalue weighted by atomic mass is 10.0. The van der Waals surface area contributed by atoms with Crippen molar-refractivity contribution in [2.45, 2.75) is 26.1 Å². The molecule has 0 aromatic heterocycles. The molecule has 1 atom stereocenters. The van der Waals surface area contributed by atoms with Gasteiger partial charge < -0.3 is 14.4 Å². The highest BCUT2D eigenvalue weighted by atomic mass is 19.4. The SMILES string of the molecule is CCN(C(=O)COc1ccc(C#N)cc1OC)C(C)c1cccc(C(F)(F)F)c1. The molecule has 154 valence electrons. The van der Waals surface area contributed by atoms with E-state index in [0.717, 1.165) is 12.1 Å². The van der Waals surface area contributed by atoms with Gasteiger partial charge in [-0.2, -0.15) is 18.4 Å². The number of amides is 1. The molecule has 0 bridgehead atoms. The molecule has 0 spiro atoms. The summed E-state index contributed by atoms with van der Waals surface area (Å²) >= 11 is 0. The molecule has 0 N–H and O–H groups in total. The summed E-state index contributed by atoms with van der Waals surface area (Å²) in [6.45, 7) is 3.38. The topological polar surface area (TPSA) is 62.6 Å². The molecule has 0 aliphatic carbocycles. The number of ether oxygens (including phenoxy) is 2. The van der Waals surface area contributed by atoms with Gasteiger partial charge in [-0.1, -0.05) is 12.1 Å². The predicted octanol–water partition coefficient (Wildman–Crippen LogP) is 4.57. The standard InChI is InChI=1S/C21H21F3N2O3/c1-4-26(14(2)16-6-5-7-17(11-16)21(22,23)24)20(27)13-29-18-9-8-15(12-25)10-19(18)28-3/h5-11,14H,4,13H2,1-3H3. The van der Waals surface area contributed by atoms with E-state index in [1.165, 1.54) is 36.3 Å². The Morgan fingerprint density at radius 2 is 1.93 bits per heavy atom. The maximum atomic E-state index is 13.0. The van der Waals surface area contributed by atoms with Crippen LogP contribution in [0.2, 0.25) is 0 Å². The fraction of sp³-hybridized carbons (Fsp3) is 0.333. The van der Waals surface area contributed by atoms with E-state index < -0.39 is 17.8 Å². The number of hydrogen-bond donors (Lipinski definition) is 0. The lowest BCUT2D eigenvalue weighted by Crippen LogP contribution is -2.37. The molecular formula is C21H21F3N2O3. The molecule has 0 aliphatic heterocycles. The second kappa shape index (κ2) is 9.32. The molecule has 1 unspecified atom stereocenters. The second-order valence-corrected chi connectivity index (χ2v) is 6.25. The van der Waals surface area contributed by atoms with Crippen LogP contribution in [0.1, 0.15) is 36.6 Å². The van der Waals surface area contributed by atoms with E-state index in [1.54, 1.807) is 19.9 Å². The Morgan fingerprint density at radius 1 is 1.21 bits per heavy atom. The fourth-order valence-electron chi connectivity index (χ4n) is 2.90. The van der Waals surface area contributed by atoms with E-state index >= 15 is 0 Å². The molecule has 0 fully saturated rings. The third-order valence-electron chi connectivity index (χ3n) is 4.47. The van der Waals surface area contributed by atoms with Gasteiger partial charge in [-0.05, 0) is 43.7 Å². The minimum atomic E-state index is -4.45. The average molecular weight is 406 g/mol. The molecular weight excluding hydrogens is 385 g/mol. The van der Waals surface area contributed by atoms with Gasteiger partial charge in [0.15, 0.2) is 18.1 Å². The number of rotatable bonds is 7. The van der Waals surface area contributed by atoms with Crippen molar-refractivity contribution in [2.24, 2.45) is 0 Å². The first-order valence-corrected chi connectivity index (χ1v) is 8.88. The van der Waals surface area contributed by atoms with Crippen LogP contribution in [0, 0.1) is 11.3 Å². The van der Waals surface area contributed by atoms with Gasteiger partial charge in [0.1, 0.15) is 0 Å². The first kappa shape index (κ1) is 22.1. The van der Waals surface area contributed by atoms with Gasteiger partial charge in [0.2, 0.25) is 0 Å². The third-order valence-corrected chi connectivity index (χ3v) is 4.47. The summed E-state index contributed by atoms with van der Waals surface area (Å²) < 4.78 is 49.6. The van der Waals surface area contributed by atoms with E-state index in [1.807, 2.05) is 6.07 Å².